The molecule has 10 heteroatoms. The summed E-state index contributed by atoms with van der Waals surface area (Å²) in [6.07, 6.45) is 6.04. The van der Waals surface area contributed by atoms with E-state index in [2.05, 4.69) is 0 Å². The Morgan fingerprint density at radius 1 is 0.768 bits per heavy atom. The molecule has 1 aromatic heterocycles. The highest BCUT2D eigenvalue weighted by Crippen LogP contribution is 2.54. The highest BCUT2D eigenvalue weighted by atomic mass is 16.3. The number of fused-ring (bicyclic) bond motifs is 1. The highest BCUT2D eigenvalue weighted by molar-refractivity contribution is 6.02. The molecular formula is C46H46O10. The molecule has 6 rings (SSSR count). The number of carbonyl (C=O) groups is 1. The number of Topliss-reactive ketones (excluding diaryl/α,β-unsaturated/α-hetero) is 1. The lowest BCUT2D eigenvalue weighted by molar-refractivity contribution is 0.0876. The number of carbonyl (C=O) groups excluding carboxylic acids is 1. The van der Waals surface area contributed by atoms with Crippen LogP contribution in [0, 0.1) is 12.8 Å². The van der Waals surface area contributed by atoms with Crippen LogP contribution in [0.4, 0.5) is 0 Å². The fourth-order valence-corrected chi connectivity index (χ4v) is 7.68. The van der Waals surface area contributed by atoms with Crippen LogP contribution in [-0.2, 0) is 12.8 Å². The normalized spacial score (nSPS) is 16.7. The molecule has 3 unspecified atom stereocenters. The van der Waals surface area contributed by atoms with Gasteiger partial charge < -0.3 is 40.2 Å². The Kier molecular flexibility index (Phi) is 10.8. The fraction of sp³-hybridized carbons (Fsp3) is 0.261. The van der Waals surface area contributed by atoms with Gasteiger partial charge in [0.05, 0.1) is 11.1 Å². The number of hydrogen-bond donors (Lipinski definition) is 7. The number of allylic oxidation sites excluding steroid dienone is 6. The maximum absolute atomic E-state index is 15.0. The van der Waals surface area contributed by atoms with E-state index in [0.717, 1.165) is 34.4 Å². The number of rotatable bonds is 9. The van der Waals surface area contributed by atoms with E-state index >= 15 is 4.79 Å². The summed E-state index contributed by atoms with van der Waals surface area (Å²) in [5.41, 5.74) is 3.41. The Bertz CT molecular complexity index is 2540. The number of aromatic hydroxyl groups is 7. The Labute approximate surface area is 324 Å². The standard InChI is InChI=1S/C46H46O10/c1-22(2)7-10-26-18-32(37(51)20-34(26)48)44(54)40-31(28-13-9-24(5)17-35(28)49)15-25(6)16-33(40)41-38(52)21-39-42(45(41)55)43(53)30(12-8-23(3)4)46(56-39)29-14-11-27(47)19-36(29)50/h7-9,11,13-14,16-21,31,33,40,47-52,55H,10,12,15H2,1-6H3. The van der Waals surface area contributed by atoms with Crippen LogP contribution < -0.4 is 5.43 Å². The number of benzene rings is 4. The van der Waals surface area contributed by atoms with Crippen molar-refractivity contribution >= 4 is 16.8 Å². The van der Waals surface area contributed by atoms with Crippen LogP contribution >= 0.6 is 0 Å². The van der Waals surface area contributed by atoms with Gasteiger partial charge in [-0.15, -0.1) is 0 Å². The van der Waals surface area contributed by atoms with Gasteiger partial charge in [-0.05, 0) is 102 Å². The molecule has 0 amide bonds. The van der Waals surface area contributed by atoms with Gasteiger partial charge >= 0.3 is 0 Å². The van der Waals surface area contributed by atoms with E-state index in [9.17, 15) is 40.5 Å². The van der Waals surface area contributed by atoms with Crippen LogP contribution in [0.2, 0.25) is 0 Å². The topological polar surface area (TPSA) is 189 Å². The van der Waals surface area contributed by atoms with Crippen LogP contribution in [0.3, 0.4) is 0 Å². The Morgan fingerprint density at radius 3 is 2.12 bits per heavy atom. The fourth-order valence-electron chi connectivity index (χ4n) is 7.68. The van der Waals surface area contributed by atoms with Crippen LogP contribution in [-0.4, -0.2) is 41.5 Å². The van der Waals surface area contributed by atoms with Crippen molar-refractivity contribution in [2.45, 2.75) is 72.6 Å². The molecule has 10 nitrogen and oxygen atoms in total. The first-order chi connectivity index (χ1) is 26.5. The van der Waals surface area contributed by atoms with E-state index < -0.39 is 46.2 Å². The van der Waals surface area contributed by atoms with Gasteiger partial charge in [0.1, 0.15) is 57.0 Å². The summed E-state index contributed by atoms with van der Waals surface area (Å²) in [5, 5.41) is 77.6. The first-order valence-corrected chi connectivity index (χ1v) is 18.4. The molecule has 4 aromatic carbocycles. The van der Waals surface area contributed by atoms with Crippen molar-refractivity contribution in [1.29, 1.82) is 0 Å². The maximum atomic E-state index is 15.0. The van der Waals surface area contributed by atoms with Crippen molar-refractivity contribution in [3.05, 3.63) is 133 Å². The van der Waals surface area contributed by atoms with Gasteiger partial charge in [0.15, 0.2) is 5.78 Å². The van der Waals surface area contributed by atoms with E-state index in [-0.39, 0.29) is 74.8 Å². The predicted molar refractivity (Wildman–Crippen MR) is 215 cm³/mol. The molecule has 0 bridgehead atoms. The number of ketones is 1. The third-order valence-corrected chi connectivity index (χ3v) is 10.5. The minimum Gasteiger partial charge on any atom is -0.508 e. The van der Waals surface area contributed by atoms with E-state index in [1.807, 2.05) is 53.7 Å². The zero-order valence-electron chi connectivity index (χ0n) is 32.1. The van der Waals surface area contributed by atoms with Crippen molar-refractivity contribution in [1.82, 2.24) is 0 Å². The lowest BCUT2D eigenvalue weighted by Gasteiger charge is -2.37. The SMILES string of the molecule is CC(C)=CCc1cc(C(=O)C2C(c3c(O)cc4oc(-c5ccc(O)cc5O)c(CC=C(C)C)c(=O)c4c3O)C=C(C)CC2c2ccc(C)cc2O)c(O)cc1O. The maximum Gasteiger partial charge on any atom is 0.200 e. The lowest BCUT2D eigenvalue weighted by atomic mass is 9.65. The van der Waals surface area contributed by atoms with E-state index in [1.165, 1.54) is 24.3 Å². The quantitative estimate of drug-likeness (QED) is 0.0563. The molecule has 0 saturated heterocycles. The molecule has 1 aliphatic rings. The van der Waals surface area contributed by atoms with Crippen LogP contribution in [0.25, 0.3) is 22.3 Å². The van der Waals surface area contributed by atoms with Gasteiger partial charge in [-0.3, -0.25) is 9.59 Å². The van der Waals surface area contributed by atoms with Crippen molar-refractivity contribution in [2.75, 3.05) is 0 Å². The molecule has 0 fully saturated rings. The first kappa shape index (κ1) is 39.3. The number of hydrogen-bond acceptors (Lipinski definition) is 10. The average Bonchev–Trinajstić information content (AvgIpc) is 3.10. The molecule has 56 heavy (non-hydrogen) atoms. The smallest absolute Gasteiger partial charge is 0.200 e. The minimum atomic E-state index is -1.15. The van der Waals surface area contributed by atoms with Gasteiger partial charge in [0.2, 0.25) is 5.43 Å². The monoisotopic (exact) mass is 758 g/mol. The summed E-state index contributed by atoms with van der Waals surface area (Å²) < 4.78 is 6.21. The summed E-state index contributed by atoms with van der Waals surface area (Å²) in [5.74, 6) is -5.96. The predicted octanol–water partition coefficient (Wildman–Crippen LogP) is 9.44. The Morgan fingerprint density at radius 2 is 1.46 bits per heavy atom. The summed E-state index contributed by atoms with van der Waals surface area (Å²) in [7, 11) is 0. The molecule has 1 aliphatic carbocycles. The second-order valence-corrected chi connectivity index (χ2v) is 15.2. The summed E-state index contributed by atoms with van der Waals surface area (Å²) in [4.78, 5) is 29.6. The van der Waals surface area contributed by atoms with Gasteiger partial charge in [0, 0.05) is 47.1 Å². The third-order valence-electron chi connectivity index (χ3n) is 10.5. The molecule has 3 atom stereocenters. The Hall–Kier alpha value is -6.42. The van der Waals surface area contributed by atoms with Crippen molar-refractivity contribution in [2.24, 2.45) is 5.92 Å². The molecule has 5 aromatic rings. The van der Waals surface area contributed by atoms with E-state index in [0.29, 0.717) is 17.5 Å². The molecule has 1 heterocycles. The summed E-state index contributed by atoms with van der Waals surface area (Å²) >= 11 is 0. The zero-order chi connectivity index (χ0) is 40.7. The van der Waals surface area contributed by atoms with Gasteiger partial charge in [0.25, 0.3) is 0 Å². The first-order valence-electron chi connectivity index (χ1n) is 18.4. The molecule has 0 saturated carbocycles. The Balaban J connectivity index is 1.63. The lowest BCUT2D eigenvalue weighted by Crippen LogP contribution is -2.32. The van der Waals surface area contributed by atoms with Crippen LogP contribution in [0.1, 0.15) is 91.1 Å². The average molecular weight is 759 g/mol. The second kappa shape index (κ2) is 15.4. The summed E-state index contributed by atoms with van der Waals surface area (Å²) in [6.45, 7) is 11.1. The van der Waals surface area contributed by atoms with Crippen molar-refractivity contribution < 1.29 is 45.0 Å². The van der Waals surface area contributed by atoms with Crippen molar-refractivity contribution in [3.63, 3.8) is 0 Å². The van der Waals surface area contributed by atoms with Gasteiger partial charge in [-0.1, -0.05) is 47.1 Å². The molecule has 0 aliphatic heterocycles. The molecule has 0 radical (unpaired) electrons. The van der Waals surface area contributed by atoms with E-state index in [4.69, 9.17) is 4.42 Å². The van der Waals surface area contributed by atoms with Crippen LogP contribution in [0.15, 0.2) is 98.8 Å². The minimum absolute atomic E-state index is 0.0212. The van der Waals surface area contributed by atoms with Crippen LogP contribution in [0.5, 0.6) is 40.2 Å². The van der Waals surface area contributed by atoms with Crippen molar-refractivity contribution in [3.8, 4) is 51.6 Å². The van der Waals surface area contributed by atoms with Gasteiger partial charge in [-0.2, -0.15) is 0 Å². The molecule has 290 valence electrons. The van der Waals surface area contributed by atoms with Gasteiger partial charge in [-0.25, -0.2) is 0 Å². The zero-order valence-corrected chi connectivity index (χ0v) is 32.1. The third kappa shape index (κ3) is 7.47. The largest absolute Gasteiger partial charge is 0.508 e. The highest BCUT2D eigenvalue weighted by Gasteiger charge is 2.44. The number of phenolic OH excluding ortho intramolecular Hbond substituents is 7. The second-order valence-electron chi connectivity index (χ2n) is 15.2. The number of aryl methyl sites for hydroxylation is 1. The summed E-state index contributed by atoms with van der Waals surface area (Å²) in [6, 6.07) is 12.7. The molecular weight excluding hydrogens is 712 g/mol. The number of phenols is 7. The molecule has 0 spiro atoms. The van der Waals surface area contributed by atoms with E-state index in [1.54, 1.807) is 24.3 Å². The molecule has 7 N–H and O–H groups in total.